The molecule has 2 bridgehead atoms. The van der Waals surface area contributed by atoms with E-state index in [1.165, 1.54) is 7.11 Å². The molecule has 220 valence electrons. The molecule has 2 N–H and O–H groups in total. The summed E-state index contributed by atoms with van der Waals surface area (Å²) < 4.78 is 85.7. The lowest BCUT2D eigenvalue weighted by molar-refractivity contribution is -0.143. The van der Waals surface area contributed by atoms with E-state index in [9.17, 15) is 31.1 Å². The number of ether oxygens (including phenoxy) is 1. The molecule has 6 nitrogen and oxygen atoms in total. The predicted molar refractivity (Wildman–Crippen MR) is 142 cm³/mol. The van der Waals surface area contributed by atoms with E-state index >= 15 is 0 Å². The molecular weight excluding hydrogens is 550 g/mol. The Morgan fingerprint density at radius 3 is 2.37 bits per heavy atom. The number of carbonyl (C=O) groups excluding carboxylic acids is 1. The lowest BCUT2D eigenvalue weighted by Crippen LogP contribution is -2.58. The van der Waals surface area contributed by atoms with Crippen LogP contribution in [0.3, 0.4) is 0 Å². The van der Waals surface area contributed by atoms with Crippen LogP contribution in [0.5, 0.6) is 5.75 Å². The summed E-state index contributed by atoms with van der Waals surface area (Å²) in [5.74, 6) is 1.55. The largest absolute Gasteiger partial charge is 0.497 e. The standard InChI is InChI=1S/C29H30F6N4O2/c1-3-16-15-39-9-7-17(16)10-25(39)26(22-6-8-36-24-5-4-21(41-2)14-23(22)24)38-27(40)37-20-12-18(28(30,31)32)11-19(13-20)29(33,34)35/h4-6,8,11-14,16-17,25-26H,3,7,9-10,15H2,1-2H3,(H2,37,38,40)/t16?,17-,25-,26-/m0/s1. The predicted octanol–water partition coefficient (Wildman–Crippen LogP) is 7.26. The molecule has 5 atom stereocenters. The molecule has 12 heteroatoms. The molecule has 3 aliphatic rings. The highest BCUT2D eigenvalue weighted by Crippen LogP contribution is 2.43. The smallest absolute Gasteiger partial charge is 0.416 e. The Hall–Kier alpha value is -3.54. The summed E-state index contributed by atoms with van der Waals surface area (Å²) in [6, 6.07) is 6.48. The van der Waals surface area contributed by atoms with Crippen LogP contribution < -0.4 is 15.4 Å². The van der Waals surface area contributed by atoms with Crippen molar-refractivity contribution in [3.05, 3.63) is 65.4 Å². The van der Waals surface area contributed by atoms with Crippen molar-refractivity contribution in [3.8, 4) is 5.75 Å². The highest BCUT2D eigenvalue weighted by Gasteiger charge is 2.44. The van der Waals surface area contributed by atoms with Crippen LogP contribution >= 0.6 is 0 Å². The van der Waals surface area contributed by atoms with Gasteiger partial charge in [-0.3, -0.25) is 9.88 Å². The van der Waals surface area contributed by atoms with Gasteiger partial charge in [-0.2, -0.15) is 26.3 Å². The number of nitrogens with one attached hydrogen (secondary N) is 2. The summed E-state index contributed by atoms with van der Waals surface area (Å²) in [6.07, 6.45) is -5.60. The third-order valence-corrected chi connectivity index (χ3v) is 8.29. The fourth-order valence-electron chi connectivity index (χ4n) is 6.25. The average Bonchev–Trinajstić information content (AvgIpc) is 2.94. The molecule has 3 aliphatic heterocycles. The SMILES string of the molecule is CCC1CN2CC[C@H]1C[C@H]2[C@@H](NC(=O)Nc1cc(C(F)(F)F)cc(C(F)(F)F)c1)c1ccnc2ccc(OC)cc12. The maximum Gasteiger partial charge on any atom is 0.416 e. The Morgan fingerprint density at radius 2 is 1.78 bits per heavy atom. The number of aromatic nitrogens is 1. The van der Waals surface area contributed by atoms with Crippen LogP contribution in [-0.2, 0) is 12.4 Å². The van der Waals surface area contributed by atoms with E-state index in [0.717, 1.165) is 43.3 Å². The molecule has 41 heavy (non-hydrogen) atoms. The molecule has 2 aromatic carbocycles. The number of halogens is 6. The first-order valence-electron chi connectivity index (χ1n) is 13.4. The van der Waals surface area contributed by atoms with Crippen molar-refractivity contribution in [2.75, 3.05) is 25.5 Å². The second kappa shape index (κ2) is 11.0. The fourth-order valence-corrected chi connectivity index (χ4v) is 6.25. The molecular formula is C29H30F6N4O2. The maximum absolute atomic E-state index is 13.4. The minimum atomic E-state index is -5.03. The topological polar surface area (TPSA) is 66.5 Å². The Kier molecular flexibility index (Phi) is 7.80. The number of pyridine rings is 1. The number of anilines is 1. The van der Waals surface area contributed by atoms with Gasteiger partial charge in [0.1, 0.15) is 5.75 Å². The van der Waals surface area contributed by atoms with Crippen molar-refractivity contribution in [2.45, 2.75) is 50.6 Å². The summed E-state index contributed by atoms with van der Waals surface area (Å²) >= 11 is 0. The van der Waals surface area contributed by atoms with Gasteiger partial charge in [0.2, 0.25) is 0 Å². The molecule has 3 saturated heterocycles. The lowest BCUT2D eigenvalue weighted by Gasteiger charge is -2.52. The number of urea groups is 1. The summed E-state index contributed by atoms with van der Waals surface area (Å²) in [6.45, 7) is 3.83. The van der Waals surface area contributed by atoms with Crippen LogP contribution in [-0.4, -0.2) is 42.2 Å². The van der Waals surface area contributed by atoms with Gasteiger partial charge in [0.15, 0.2) is 0 Å². The van der Waals surface area contributed by atoms with Crippen LogP contribution in [0.25, 0.3) is 10.9 Å². The minimum Gasteiger partial charge on any atom is -0.497 e. The highest BCUT2D eigenvalue weighted by molar-refractivity contribution is 5.91. The summed E-state index contributed by atoms with van der Waals surface area (Å²) in [4.78, 5) is 20.0. The Morgan fingerprint density at radius 1 is 1.07 bits per heavy atom. The third-order valence-electron chi connectivity index (χ3n) is 8.29. The van der Waals surface area contributed by atoms with E-state index in [1.54, 1.807) is 30.5 Å². The van der Waals surface area contributed by atoms with E-state index in [4.69, 9.17) is 4.74 Å². The summed E-state index contributed by atoms with van der Waals surface area (Å²) in [5, 5.41) is 5.85. The van der Waals surface area contributed by atoms with Gasteiger partial charge in [0.25, 0.3) is 0 Å². The Bertz CT molecular complexity index is 1390. The van der Waals surface area contributed by atoms with Gasteiger partial charge in [0, 0.05) is 29.9 Å². The quantitative estimate of drug-likeness (QED) is 0.301. The van der Waals surface area contributed by atoms with Gasteiger partial charge >= 0.3 is 18.4 Å². The van der Waals surface area contributed by atoms with E-state index in [-0.39, 0.29) is 12.1 Å². The molecule has 1 aromatic heterocycles. The van der Waals surface area contributed by atoms with Crippen LogP contribution in [0.1, 0.15) is 48.9 Å². The van der Waals surface area contributed by atoms with Gasteiger partial charge in [-0.05, 0) is 79.3 Å². The summed E-state index contributed by atoms with van der Waals surface area (Å²) in [5.41, 5.74) is -2.23. The molecule has 0 radical (unpaired) electrons. The Balaban J connectivity index is 1.51. The van der Waals surface area contributed by atoms with Crippen LogP contribution in [0.2, 0.25) is 0 Å². The van der Waals surface area contributed by atoms with Gasteiger partial charge < -0.3 is 15.4 Å². The normalized spacial score (nSPS) is 23.3. The van der Waals surface area contributed by atoms with Crippen molar-refractivity contribution in [3.63, 3.8) is 0 Å². The van der Waals surface area contributed by atoms with Crippen LogP contribution in [0, 0.1) is 11.8 Å². The molecule has 2 unspecified atom stereocenters. The minimum absolute atomic E-state index is 0.0264. The third kappa shape index (κ3) is 6.07. The van der Waals surface area contributed by atoms with Crippen molar-refractivity contribution in [2.24, 2.45) is 11.8 Å². The number of methoxy groups -OCH3 is 1. The number of alkyl halides is 6. The number of amides is 2. The molecule has 0 saturated carbocycles. The van der Waals surface area contributed by atoms with Crippen molar-refractivity contribution >= 4 is 22.6 Å². The zero-order chi connectivity index (χ0) is 29.5. The van der Waals surface area contributed by atoms with Crippen molar-refractivity contribution in [1.82, 2.24) is 15.2 Å². The average molecular weight is 581 g/mol. The van der Waals surface area contributed by atoms with E-state index in [0.29, 0.717) is 35.2 Å². The van der Waals surface area contributed by atoms with Gasteiger partial charge in [0.05, 0.1) is 29.8 Å². The molecule has 3 fully saturated rings. The monoisotopic (exact) mass is 580 g/mol. The number of rotatable bonds is 6. The van der Waals surface area contributed by atoms with Gasteiger partial charge in [-0.25, -0.2) is 4.79 Å². The highest BCUT2D eigenvalue weighted by atomic mass is 19.4. The molecule has 0 spiro atoms. The number of nitrogens with zero attached hydrogens (tertiary/aromatic N) is 2. The van der Waals surface area contributed by atoms with Crippen LogP contribution in [0.4, 0.5) is 36.8 Å². The van der Waals surface area contributed by atoms with Gasteiger partial charge in [-0.15, -0.1) is 0 Å². The zero-order valence-electron chi connectivity index (χ0n) is 22.4. The number of fused-ring (bicyclic) bond motifs is 4. The number of piperidine rings is 3. The maximum atomic E-state index is 13.4. The first-order valence-corrected chi connectivity index (χ1v) is 13.4. The number of hydrogen-bond acceptors (Lipinski definition) is 4. The zero-order valence-corrected chi connectivity index (χ0v) is 22.4. The number of benzene rings is 2. The van der Waals surface area contributed by atoms with Crippen LogP contribution in [0.15, 0.2) is 48.7 Å². The summed E-state index contributed by atoms with van der Waals surface area (Å²) in [7, 11) is 1.53. The Labute approximate surface area is 233 Å². The molecule has 6 rings (SSSR count). The molecule has 3 aromatic rings. The first-order chi connectivity index (χ1) is 19.4. The first kappa shape index (κ1) is 29.0. The van der Waals surface area contributed by atoms with E-state index < -0.39 is 41.2 Å². The van der Waals surface area contributed by atoms with E-state index in [1.807, 2.05) is 0 Å². The fraction of sp³-hybridized carbons (Fsp3) is 0.448. The number of hydrogen-bond donors (Lipinski definition) is 2. The second-order valence-electron chi connectivity index (χ2n) is 10.7. The molecule has 0 aliphatic carbocycles. The number of carbonyl (C=O) groups is 1. The van der Waals surface area contributed by atoms with Crippen molar-refractivity contribution < 1.29 is 35.9 Å². The molecule has 2 amide bonds. The lowest BCUT2D eigenvalue weighted by atomic mass is 9.72. The van der Waals surface area contributed by atoms with Gasteiger partial charge in [-0.1, -0.05) is 13.3 Å². The van der Waals surface area contributed by atoms with Crippen molar-refractivity contribution in [1.29, 1.82) is 0 Å². The molecule has 4 heterocycles. The van der Waals surface area contributed by atoms with E-state index in [2.05, 4.69) is 27.4 Å². The second-order valence-corrected chi connectivity index (χ2v) is 10.7.